The summed E-state index contributed by atoms with van der Waals surface area (Å²) in [5, 5.41) is 8.69. The summed E-state index contributed by atoms with van der Waals surface area (Å²) in [6.45, 7) is 1.89. The molecular formula is C15H17NO4. The summed E-state index contributed by atoms with van der Waals surface area (Å²) in [4.78, 5) is 35.8. The summed E-state index contributed by atoms with van der Waals surface area (Å²) in [6, 6.07) is 6.96. The largest absolute Gasteiger partial charge is 0.481 e. The minimum atomic E-state index is -0.866. The molecule has 1 aliphatic rings. The van der Waals surface area contributed by atoms with Gasteiger partial charge in [0, 0.05) is 19.3 Å². The van der Waals surface area contributed by atoms with Crippen LogP contribution in [0.3, 0.4) is 0 Å². The molecule has 0 bridgehead atoms. The highest BCUT2D eigenvalue weighted by atomic mass is 16.4. The lowest BCUT2D eigenvalue weighted by Gasteiger charge is -2.28. The lowest BCUT2D eigenvalue weighted by molar-refractivity contribution is -0.137. The first-order valence-electron chi connectivity index (χ1n) is 6.64. The first-order valence-corrected chi connectivity index (χ1v) is 6.64. The number of carbonyl (C=O) groups excluding carboxylic acids is 2. The number of carbonyl (C=O) groups is 3. The van der Waals surface area contributed by atoms with E-state index in [1.165, 1.54) is 4.90 Å². The number of carboxylic acids is 1. The van der Waals surface area contributed by atoms with E-state index in [-0.39, 0.29) is 24.2 Å². The van der Waals surface area contributed by atoms with Gasteiger partial charge in [-0.3, -0.25) is 19.3 Å². The van der Waals surface area contributed by atoms with E-state index in [2.05, 4.69) is 0 Å². The number of piperidine rings is 1. The highest BCUT2D eigenvalue weighted by Crippen LogP contribution is 2.26. The molecule has 0 spiro atoms. The summed E-state index contributed by atoms with van der Waals surface area (Å²) in [5.74, 6) is -1.16. The molecule has 1 fully saturated rings. The quantitative estimate of drug-likeness (QED) is 0.853. The van der Waals surface area contributed by atoms with E-state index in [1.807, 2.05) is 6.92 Å². The van der Waals surface area contributed by atoms with Crippen molar-refractivity contribution in [3.8, 4) is 0 Å². The Morgan fingerprint density at radius 1 is 1.30 bits per heavy atom. The average molecular weight is 275 g/mol. The molecule has 1 aliphatic heterocycles. The van der Waals surface area contributed by atoms with Crippen LogP contribution >= 0.6 is 0 Å². The molecule has 2 rings (SSSR count). The molecule has 20 heavy (non-hydrogen) atoms. The Morgan fingerprint density at radius 2 is 1.95 bits per heavy atom. The molecule has 5 nitrogen and oxygen atoms in total. The minimum Gasteiger partial charge on any atom is -0.481 e. The van der Waals surface area contributed by atoms with Gasteiger partial charge in [0.1, 0.15) is 0 Å². The van der Waals surface area contributed by atoms with Gasteiger partial charge >= 0.3 is 5.97 Å². The molecule has 1 heterocycles. The van der Waals surface area contributed by atoms with Crippen LogP contribution in [0, 0.1) is 5.92 Å². The number of rotatable bonds is 4. The fourth-order valence-corrected chi connectivity index (χ4v) is 2.38. The van der Waals surface area contributed by atoms with Crippen LogP contribution in [0.5, 0.6) is 0 Å². The van der Waals surface area contributed by atoms with E-state index in [4.69, 9.17) is 5.11 Å². The second-order valence-electron chi connectivity index (χ2n) is 5.20. The Balaban J connectivity index is 2.19. The second kappa shape index (κ2) is 5.86. The van der Waals surface area contributed by atoms with Crippen LogP contribution in [0.25, 0.3) is 0 Å². The molecule has 5 heteroatoms. The van der Waals surface area contributed by atoms with Crippen molar-refractivity contribution >= 4 is 23.5 Å². The van der Waals surface area contributed by atoms with Gasteiger partial charge in [-0.15, -0.1) is 0 Å². The average Bonchev–Trinajstić information content (AvgIpc) is 2.35. The van der Waals surface area contributed by atoms with Crippen molar-refractivity contribution < 1.29 is 19.5 Å². The maximum Gasteiger partial charge on any atom is 0.303 e. The first-order chi connectivity index (χ1) is 9.47. The van der Waals surface area contributed by atoms with Crippen LogP contribution in [0.1, 0.15) is 31.7 Å². The van der Waals surface area contributed by atoms with Crippen molar-refractivity contribution in [1.82, 2.24) is 0 Å². The van der Waals surface area contributed by atoms with E-state index in [0.717, 1.165) is 5.56 Å². The van der Waals surface area contributed by atoms with Gasteiger partial charge in [-0.25, -0.2) is 0 Å². The number of benzene rings is 1. The Labute approximate surface area is 117 Å². The minimum absolute atomic E-state index is 0.0301. The number of aryl methyl sites for hydroxylation is 1. The number of hydrogen-bond acceptors (Lipinski definition) is 3. The third kappa shape index (κ3) is 3.23. The predicted octanol–water partition coefficient (Wildman–Crippen LogP) is 1.99. The van der Waals surface area contributed by atoms with Gasteiger partial charge in [-0.1, -0.05) is 19.1 Å². The number of aliphatic carboxylic acids is 1. The molecule has 2 amide bonds. The van der Waals surface area contributed by atoms with Crippen molar-refractivity contribution in [2.45, 2.75) is 32.6 Å². The summed E-state index contributed by atoms with van der Waals surface area (Å²) in [7, 11) is 0. The number of amides is 2. The molecule has 0 unspecified atom stereocenters. The van der Waals surface area contributed by atoms with E-state index < -0.39 is 5.97 Å². The summed E-state index contributed by atoms with van der Waals surface area (Å²) in [5.41, 5.74) is 1.35. The Hall–Kier alpha value is -2.17. The molecule has 0 atom stereocenters. The molecule has 0 saturated carbocycles. The number of nitrogens with zero attached hydrogens (tertiary/aromatic N) is 1. The van der Waals surface area contributed by atoms with Crippen LogP contribution in [0.4, 0.5) is 5.69 Å². The highest BCUT2D eigenvalue weighted by molar-refractivity contribution is 6.16. The van der Waals surface area contributed by atoms with Gasteiger partial charge < -0.3 is 5.11 Å². The fourth-order valence-electron chi connectivity index (χ4n) is 2.38. The van der Waals surface area contributed by atoms with Gasteiger partial charge in [0.05, 0.1) is 5.69 Å². The monoisotopic (exact) mass is 275 g/mol. The van der Waals surface area contributed by atoms with Crippen molar-refractivity contribution in [1.29, 1.82) is 0 Å². The van der Waals surface area contributed by atoms with Gasteiger partial charge in [-0.2, -0.15) is 0 Å². The summed E-state index contributed by atoms with van der Waals surface area (Å²) >= 11 is 0. The zero-order valence-electron chi connectivity index (χ0n) is 11.3. The molecule has 106 valence electrons. The zero-order chi connectivity index (χ0) is 14.7. The highest BCUT2D eigenvalue weighted by Gasteiger charge is 2.31. The maximum atomic E-state index is 12.0. The molecular weight excluding hydrogens is 258 g/mol. The number of hydrogen-bond donors (Lipinski definition) is 1. The SMILES string of the molecule is CC1CC(=O)N(c2cccc(CCC(=O)O)c2)C(=O)C1. The maximum absolute atomic E-state index is 12.0. The van der Waals surface area contributed by atoms with E-state index in [1.54, 1.807) is 24.3 Å². The lowest BCUT2D eigenvalue weighted by atomic mass is 9.97. The molecule has 0 aliphatic carbocycles. The van der Waals surface area contributed by atoms with Crippen LogP contribution < -0.4 is 4.90 Å². The molecule has 1 aromatic carbocycles. The van der Waals surface area contributed by atoms with Crippen molar-refractivity contribution in [3.05, 3.63) is 29.8 Å². The zero-order valence-corrected chi connectivity index (χ0v) is 11.3. The Bertz CT molecular complexity index is 535. The number of imide groups is 1. The topological polar surface area (TPSA) is 74.7 Å². The molecule has 0 radical (unpaired) electrons. The lowest BCUT2D eigenvalue weighted by Crippen LogP contribution is -2.42. The van der Waals surface area contributed by atoms with Crippen LogP contribution in [-0.2, 0) is 20.8 Å². The van der Waals surface area contributed by atoms with E-state index >= 15 is 0 Å². The Kier molecular flexibility index (Phi) is 4.17. The molecule has 0 aromatic heterocycles. The van der Waals surface area contributed by atoms with Crippen molar-refractivity contribution in [2.24, 2.45) is 5.92 Å². The number of anilines is 1. The van der Waals surface area contributed by atoms with Crippen LogP contribution in [-0.4, -0.2) is 22.9 Å². The van der Waals surface area contributed by atoms with Crippen LogP contribution in [0.2, 0.25) is 0 Å². The van der Waals surface area contributed by atoms with E-state index in [9.17, 15) is 14.4 Å². The van der Waals surface area contributed by atoms with E-state index in [0.29, 0.717) is 24.9 Å². The first kappa shape index (κ1) is 14.2. The fraction of sp³-hybridized carbons (Fsp3) is 0.400. The standard InChI is InChI=1S/C15H17NO4/c1-10-7-13(17)16(14(18)8-10)12-4-2-3-11(9-12)5-6-15(19)20/h2-4,9-10H,5-8H2,1H3,(H,19,20). The second-order valence-corrected chi connectivity index (χ2v) is 5.20. The van der Waals surface area contributed by atoms with Gasteiger partial charge in [0.15, 0.2) is 0 Å². The van der Waals surface area contributed by atoms with Gasteiger partial charge in [0.2, 0.25) is 11.8 Å². The molecule has 1 aromatic rings. The smallest absolute Gasteiger partial charge is 0.303 e. The number of carboxylic acid groups (broad SMARTS) is 1. The van der Waals surface area contributed by atoms with Gasteiger partial charge in [0.25, 0.3) is 0 Å². The van der Waals surface area contributed by atoms with Crippen molar-refractivity contribution in [2.75, 3.05) is 4.90 Å². The predicted molar refractivity (Wildman–Crippen MR) is 73.3 cm³/mol. The third-order valence-corrected chi connectivity index (χ3v) is 3.34. The summed E-state index contributed by atoms with van der Waals surface area (Å²) in [6.07, 6.45) is 1.15. The molecule has 1 saturated heterocycles. The normalized spacial score (nSPS) is 16.6. The third-order valence-electron chi connectivity index (χ3n) is 3.34. The van der Waals surface area contributed by atoms with Crippen molar-refractivity contribution in [3.63, 3.8) is 0 Å². The van der Waals surface area contributed by atoms with Gasteiger partial charge in [-0.05, 0) is 30.0 Å². The Morgan fingerprint density at radius 3 is 2.55 bits per heavy atom. The molecule has 1 N–H and O–H groups in total. The van der Waals surface area contributed by atoms with Crippen LogP contribution in [0.15, 0.2) is 24.3 Å². The summed E-state index contributed by atoms with van der Waals surface area (Å²) < 4.78 is 0.